The third kappa shape index (κ3) is 2.24. The number of benzene rings is 1. The summed E-state index contributed by atoms with van der Waals surface area (Å²) in [5, 5.41) is 8.76. The lowest BCUT2D eigenvalue weighted by atomic mass is 9.66. The fourth-order valence-corrected chi connectivity index (χ4v) is 5.57. The Morgan fingerprint density at radius 3 is 2.48 bits per heavy atom. The predicted octanol–water partition coefficient (Wildman–Crippen LogP) is 4.31. The minimum absolute atomic E-state index is 0.139. The Morgan fingerprint density at radius 2 is 1.79 bits per heavy atom. The smallest absolute Gasteiger partial charge is 0.220 e. The van der Waals surface area contributed by atoms with Crippen molar-refractivity contribution in [3.63, 3.8) is 0 Å². The first-order valence-electron chi connectivity index (χ1n) is 9.70. The van der Waals surface area contributed by atoms with Gasteiger partial charge in [-0.25, -0.2) is 18.7 Å². The van der Waals surface area contributed by atoms with Crippen LogP contribution < -0.4 is 5.73 Å². The standard InChI is InChI=1S/C22H21F2N5/c1-11-9-17(27-20(25)26-11)22-8-7-13(21(22,2)3)12-10-16(28-29-19(12)22)18-14(23)5-4-6-15(18)24/h4-6,9-10,13H,7-8H2,1-3H3,(H2,25,26,27)/t13-,22-/m0/s1. The lowest BCUT2D eigenvalue weighted by molar-refractivity contribution is 0.242. The maximum atomic E-state index is 14.3. The van der Waals surface area contributed by atoms with Crippen LogP contribution in [0.4, 0.5) is 14.7 Å². The molecular weight excluding hydrogens is 372 g/mol. The molecule has 5 nitrogen and oxygen atoms in total. The molecule has 2 heterocycles. The highest BCUT2D eigenvalue weighted by atomic mass is 19.1. The topological polar surface area (TPSA) is 77.6 Å². The van der Waals surface area contributed by atoms with E-state index in [1.54, 1.807) is 6.07 Å². The van der Waals surface area contributed by atoms with Gasteiger partial charge >= 0.3 is 0 Å². The molecule has 5 rings (SSSR count). The molecule has 0 saturated heterocycles. The second-order valence-corrected chi connectivity index (χ2v) is 8.60. The summed E-state index contributed by atoms with van der Waals surface area (Å²) in [6, 6.07) is 7.57. The molecule has 0 amide bonds. The molecular formula is C22H21F2N5. The molecule has 2 aliphatic rings. The summed E-state index contributed by atoms with van der Waals surface area (Å²) in [6.45, 7) is 6.29. The summed E-state index contributed by atoms with van der Waals surface area (Å²) in [6.07, 6.45) is 1.81. The van der Waals surface area contributed by atoms with Crippen LogP contribution in [-0.2, 0) is 5.41 Å². The van der Waals surface area contributed by atoms with E-state index in [9.17, 15) is 8.78 Å². The van der Waals surface area contributed by atoms with Crippen molar-refractivity contribution in [2.24, 2.45) is 5.41 Å². The molecule has 0 spiro atoms. The molecule has 2 atom stereocenters. The zero-order valence-electron chi connectivity index (χ0n) is 16.5. The number of nitrogens with two attached hydrogens (primary N) is 1. The Kier molecular flexibility index (Phi) is 3.61. The maximum Gasteiger partial charge on any atom is 0.220 e. The van der Waals surface area contributed by atoms with Crippen LogP contribution in [0.3, 0.4) is 0 Å². The zero-order chi connectivity index (χ0) is 20.6. The second-order valence-electron chi connectivity index (χ2n) is 8.60. The molecule has 1 fully saturated rings. The van der Waals surface area contributed by atoms with E-state index in [1.165, 1.54) is 18.2 Å². The Hall–Kier alpha value is -2.96. The Labute approximate surface area is 167 Å². The van der Waals surface area contributed by atoms with Crippen molar-refractivity contribution in [3.8, 4) is 11.3 Å². The van der Waals surface area contributed by atoms with Crippen LogP contribution in [0.1, 0.15) is 55.3 Å². The van der Waals surface area contributed by atoms with E-state index in [-0.39, 0.29) is 28.5 Å². The van der Waals surface area contributed by atoms with Gasteiger partial charge in [0.2, 0.25) is 5.95 Å². The van der Waals surface area contributed by atoms with Crippen molar-refractivity contribution in [2.75, 3.05) is 5.73 Å². The summed E-state index contributed by atoms with van der Waals surface area (Å²) in [4.78, 5) is 8.78. The molecule has 3 aromatic rings. The molecule has 7 heteroatoms. The minimum atomic E-state index is -0.643. The lowest BCUT2D eigenvalue weighted by Crippen LogP contribution is -2.38. The fourth-order valence-electron chi connectivity index (χ4n) is 5.57. The zero-order valence-corrected chi connectivity index (χ0v) is 16.5. The largest absolute Gasteiger partial charge is 0.368 e. The molecule has 2 aliphatic carbocycles. The molecule has 0 radical (unpaired) electrons. The van der Waals surface area contributed by atoms with Gasteiger partial charge in [-0.1, -0.05) is 19.9 Å². The van der Waals surface area contributed by atoms with Crippen molar-refractivity contribution in [2.45, 2.75) is 44.9 Å². The van der Waals surface area contributed by atoms with Crippen LogP contribution in [0.15, 0.2) is 30.3 Å². The molecule has 2 bridgehead atoms. The van der Waals surface area contributed by atoms with Crippen molar-refractivity contribution < 1.29 is 8.78 Å². The van der Waals surface area contributed by atoms with Crippen molar-refractivity contribution in [1.82, 2.24) is 20.2 Å². The monoisotopic (exact) mass is 393 g/mol. The van der Waals surface area contributed by atoms with Crippen LogP contribution >= 0.6 is 0 Å². The highest BCUT2D eigenvalue weighted by Crippen LogP contribution is 2.69. The van der Waals surface area contributed by atoms with Gasteiger partial charge in [0.15, 0.2) is 0 Å². The summed E-state index contributed by atoms with van der Waals surface area (Å²) < 4.78 is 28.6. The molecule has 1 aromatic carbocycles. The number of hydrogen-bond acceptors (Lipinski definition) is 5. The van der Waals surface area contributed by atoms with Gasteiger partial charge in [0, 0.05) is 5.69 Å². The number of halogens is 2. The van der Waals surface area contributed by atoms with Crippen molar-refractivity contribution >= 4 is 5.95 Å². The summed E-state index contributed by atoms with van der Waals surface area (Å²) in [5.41, 5.74) is 8.85. The normalized spacial score (nSPS) is 24.0. The van der Waals surface area contributed by atoms with Gasteiger partial charge in [-0.3, -0.25) is 0 Å². The molecule has 0 unspecified atom stereocenters. The number of hydrogen-bond donors (Lipinski definition) is 1. The van der Waals surface area contributed by atoms with E-state index < -0.39 is 17.0 Å². The number of nitrogen functional groups attached to an aromatic ring is 1. The molecule has 0 aliphatic heterocycles. The number of aromatic nitrogens is 4. The van der Waals surface area contributed by atoms with E-state index in [0.29, 0.717) is 0 Å². The molecule has 1 saturated carbocycles. The number of nitrogens with zero attached hydrogens (tertiary/aromatic N) is 4. The number of anilines is 1. The van der Waals surface area contributed by atoms with Crippen LogP contribution in [0.25, 0.3) is 11.3 Å². The van der Waals surface area contributed by atoms with E-state index in [2.05, 4.69) is 34.0 Å². The first-order chi connectivity index (χ1) is 13.8. The molecule has 148 valence electrons. The van der Waals surface area contributed by atoms with Gasteiger partial charge in [0.25, 0.3) is 0 Å². The van der Waals surface area contributed by atoms with E-state index in [1.807, 2.05) is 13.0 Å². The molecule has 2 aromatic heterocycles. The van der Waals surface area contributed by atoms with Gasteiger partial charge in [0.1, 0.15) is 11.6 Å². The number of aryl methyl sites for hydroxylation is 1. The average Bonchev–Trinajstić information content (AvgIpc) is 3.02. The minimum Gasteiger partial charge on any atom is -0.368 e. The molecule has 2 N–H and O–H groups in total. The Bertz CT molecular complexity index is 1120. The number of rotatable bonds is 2. The van der Waals surface area contributed by atoms with Gasteiger partial charge < -0.3 is 5.73 Å². The Morgan fingerprint density at radius 1 is 1.07 bits per heavy atom. The van der Waals surface area contributed by atoms with Gasteiger partial charge in [-0.15, -0.1) is 5.10 Å². The summed E-state index contributed by atoms with van der Waals surface area (Å²) >= 11 is 0. The second kappa shape index (κ2) is 5.78. The van der Waals surface area contributed by atoms with Gasteiger partial charge in [-0.2, -0.15) is 5.10 Å². The average molecular weight is 393 g/mol. The third-order valence-corrected chi connectivity index (χ3v) is 6.91. The van der Waals surface area contributed by atoms with Crippen molar-refractivity contribution in [1.29, 1.82) is 0 Å². The van der Waals surface area contributed by atoms with Crippen LogP contribution in [-0.4, -0.2) is 20.2 Å². The predicted molar refractivity (Wildman–Crippen MR) is 105 cm³/mol. The first-order valence-corrected chi connectivity index (χ1v) is 9.70. The van der Waals surface area contributed by atoms with E-state index >= 15 is 0 Å². The van der Waals surface area contributed by atoms with E-state index in [4.69, 9.17) is 5.73 Å². The highest BCUT2D eigenvalue weighted by molar-refractivity contribution is 5.64. The molecule has 29 heavy (non-hydrogen) atoms. The summed E-state index contributed by atoms with van der Waals surface area (Å²) in [5.74, 6) is -0.857. The first kappa shape index (κ1) is 18.1. The lowest BCUT2D eigenvalue weighted by Gasteiger charge is -2.37. The summed E-state index contributed by atoms with van der Waals surface area (Å²) in [7, 11) is 0. The SMILES string of the molecule is Cc1cc([C@@]23CC[C@@H](c4cc(-c5c(F)cccc5F)nnc42)C3(C)C)nc(N)n1. The third-order valence-electron chi connectivity index (χ3n) is 6.91. The van der Waals surface area contributed by atoms with Crippen LogP contribution in [0.2, 0.25) is 0 Å². The van der Waals surface area contributed by atoms with Crippen LogP contribution in [0, 0.1) is 24.0 Å². The fraction of sp³-hybridized carbons (Fsp3) is 0.364. The van der Waals surface area contributed by atoms with E-state index in [0.717, 1.165) is 35.5 Å². The van der Waals surface area contributed by atoms with Gasteiger partial charge in [-0.05, 0) is 60.9 Å². The maximum absolute atomic E-state index is 14.3. The quantitative estimate of drug-likeness (QED) is 0.702. The van der Waals surface area contributed by atoms with Crippen LogP contribution in [0.5, 0.6) is 0 Å². The highest BCUT2D eigenvalue weighted by Gasteiger charge is 2.65. The number of fused-ring (bicyclic) bond motifs is 5. The van der Waals surface area contributed by atoms with Gasteiger partial charge in [0.05, 0.1) is 28.1 Å². The Balaban J connectivity index is 1.74. The van der Waals surface area contributed by atoms with Crippen molar-refractivity contribution in [3.05, 3.63) is 64.6 Å².